The van der Waals surface area contributed by atoms with Gasteiger partial charge in [-0.05, 0) is 17.7 Å². The van der Waals surface area contributed by atoms with Crippen LogP contribution >= 0.6 is 0 Å². The number of aromatic nitrogens is 2. The Labute approximate surface area is 154 Å². The maximum atomic E-state index is 11.9. The number of carbonyl (C=O) groups excluding carboxylic acids is 1. The molecule has 0 aliphatic heterocycles. The third-order valence-electron chi connectivity index (χ3n) is 3.65. The highest BCUT2D eigenvalue weighted by molar-refractivity contribution is 5.92. The van der Waals surface area contributed by atoms with Gasteiger partial charge in [0.05, 0.1) is 11.2 Å². The van der Waals surface area contributed by atoms with E-state index in [-0.39, 0.29) is 23.1 Å². The van der Waals surface area contributed by atoms with Crippen LogP contribution in [0.3, 0.4) is 0 Å². The monoisotopic (exact) mass is 368 g/mol. The molecule has 3 aromatic rings. The van der Waals surface area contributed by atoms with E-state index in [4.69, 9.17) is 4.42 Å². The van der Waals surface area contributed by atoms with E-state index in [1.165, 1.54) is 18.7 Å². The molecule has 0 atom stereocenters. The fourth-order valence-electron chi connectivity index (χ4n) is 2.43. The second-order valence-electron chi connectivity index (χ2n) is 5.55. The Morgan fingerprint density at radius 1 is 1.22 bits per heavy atom. The van der Waals surface area contributed by atoms with E-state index in [9.17, 15) is 14.9 Å². The maximum Gasteiger partial charge on any atom is 0.355 e. The molecular formula is C17H16N6O4. The van der Waals surface area contributed by atoms with E-state index in [1.807, 2.05) is 30.3 Å². The van der Waals surface area contributed by atoms with Crippen LogP contribution in [0.1, 0.15) is 16.1 Å². The van der Waals surface area contributed by atoms with Gasteiger partial charge in [0.25, 0.3) is 0 Å². The number of furan rings is 1. The van der Waals surface area contributed by atoms with Crippen molar-refractivity contribution in [2.75, 3.05) is 17.4 Å². The van der Waals surface area contributed by atoms with Crippen molar-refractivity contribution in [2.45, 2.75) is 6.54 Å². The molecule has 2 heterocycles. The summed E-state index contributed by atoms with van der Waals surface area (Å²) in [6, 6.07) is 12.5. The summed E-state index contributed by atoms with van der Waals surface area (Å²) >= 11 is 0. The maximum absolute atomic E-state index is 11.9. The molecule has 0 bridgehead atoms. The van der Waals surface area contributed by atoms with Crippen molar-refractivity contribution in [2.24, 2.45) is 0 Å². The van der Waals surface area contributed by atoms with Gasteiger partial charge in [-0.2, -0.15) is 0 Å². The summed E-state index contributed by atoms with van der Waals surface area (Å²) in [5.41, 5.74) is 5.39. The van der Waals surface area contributed by atoms with Crippen LogP contribution in [0, 0.1) is 10.1 Å². The molecule has 0 unspecified atom stereocenters. The van der Waals surface area contributed by atoms with E-state index in [0.717, 1.165) is 5.56 Å². The molecule has 0 aliphatic carbocycles. The van der Waals surface area contributed by atoms with Gasteiger partial charge in [-0.15, -0.1) is 0 Å². The molecule has 138 valence electrons. The van der Waals surface area contributed by atoms with Gasteiger partial charge in [0.2, 0.25) is 11.6 Å². The highest BCUT2D eigenvalue weighted by Crippen LogP contribution is 2.31. The van der Waals surface area contributed by atoms with Gasteiger partial charge in [0.1, 0.15) is 6.33 Å². The van der Waals surface area contributed by atoms with Gasteiger partial charge >= 0.3 is 11.6 Å². The zero-order chi connectivity index (χ0) is 19.2. The van der Waals surface area contributed by atoms with Crippen LogP contribution in [-0.2, 0) is 6.54 Å². The molecule has 27 heavy (non-hydrogen) atoms. The van der Waals surface area contributed by atoms with E-state index in [1.54, 1.807) is 18.0 Å². The SMILES string of the molecule is CN(Cc1ccccc1)c1ncnc(NNC(=O)c2ccco2)c1[N+](=O)[O-]. The van der Waals surface area contributed by atoms with Crippen molar-refractivity contribution >= 4 is 23.2 Å². The number of carbonyl (C=O) groups is 1. The van der Waals surface area contributed by atoms with Crippen LogP contribution < -0.4 is 15.8 Å². The molecule has 3 rings (SSSR count). The average molecular weight is 368 g/mol. The molecule has 0 spiro atoms. The largest absolute Gasteiger partial charge is 0.459 e. The molecule has 0 aliphatic rings. The zero-order valence-corrected chi connectivity index (χ0v) is 14.3. The van der Waals surface area contributed by atoms with Crippen LogP contribution in [0.15, 0.2) is 59.5 Å². The fourth-order valence-corrected chi connectivity index (χ4v) is 2.43. The summed E-state index contributed by atoms with van der Waals surface area (Å²) in [6.07, 6.45) is 2.53. The Morgan fingerprint density at radius 2 is 2.00 bits per heavy atom. The van der Waals surface area contributed by atoms with Crippen molar-refractivity contribution in [1.29, 1.82) is 0 Å². The molecule has 0 radical (unpaired) electrons. The van der Waals surface area contributed by atoms with Crippen molar-refractivity contribution < 1.29 is 14.1 Å². The number of hydrogen-bond donors (Lipinski definition) is 2. The lowest BCUT2D eigenvalue weighted by Gasteiger charge is -2.19. The van der Waals surface area contributed by atoms with Gasteiger partial charge in [-0.25, -0.2) is 9.97 Å². The summed E-state index contributed by atoms with van der Waals surface area (Å²) < 4.78 is 4.96. The number of amides is 1. The third kappa shape index (κ3) is 4.18. The highest BCUT2D eigenvalue weighted by atomic mass is 16.6. The Hall–Kier alpha value is -3.95. The minimum absolute atomic E-state index is 0.0561. The lowest BCUT2D eigenvalue weighted by atomic mass is 10.2. The van der Waals surface area contributed by atoms with Crippen molar-refractivity contribution in [3.05, 3.63) is 76.5 Å². The molecule has 0 saturated carbocycles. The standard InChI is InChI=1S/C17H16N6O4/c1-22(10-12-6-3-2-4-7-12)16-14(23(25)26)15(18-11-19-16)20-21-17(24)13-8-5-9-27-13/h2-9,11H,10H2,1H3,(H,21,24)(H,18,19,20). The molecule has 1 aromatic carbocycles. The summed E-state index contributed by atoms with van der Waals surface area (Å²) in [7, 11) is 1.69. The van der Waals surface area contributed by atoms with Gasteiger partial charge in [-0.1, -0.05) is 30.3 Å². The predicted molar refractivity (Wildman–Crippen MR) is 97.0 cm³/mol. The average Bonchev–Trinajstić information content (AvgIpc) is 3.21. The Kier molecular flexibility index (Phi) is 5.26. The smallest absolute Gasteiger partial charge is 0.355 e. The predicted octanol–water partition coefficient (Wildman–Crippen LogP) is 2.37. The summed E-state index contributed by atoms with van der Waals surface area (Å²) in [4.78, 5) is 32.5. The first-order chi connectivity index (χ1) is 13.1. The van der Waals surface area contributed by atoms with Gasteiger partial charge in [0, 0.05) is 13.6 Å². The third-order valence-corrected chi connectivity index (χ3v) is 3.65. The second-order valence-corrected chi connectivity index (χ2v) is 5.55. The Morgan fingerprint density at radius 3 is 2.67 bits per heavy atom. The van der Waals surface area contributed by atoms with Gasteiger partial charge in [0.15, 0.2) is 5.76 Å². The lowest BCUT2D eigenvalue weighted by molar-refractivity contribution is -0.383. The highest BCUT2D eigenvalue weighted by Gasteiger charge is 2.26. The fraction of sp³-hybridized carbons (Fsp3) is 0.118. The van der Waals surface area contributed by atoms with Crippen LogP contribution in [0.5, 0.6) is 0 Å². The van der Waals surface area contributed by atoms with Crippen LogP contribution in [-0.4, -0.2) is 27.8 Å². The number of anilines is 2. The van der Waals surface area contributed by atoms with Crippen LogP contribution in [0.2, 0.25) is 0 Å². The number of hydrazine groups is 1. The number of nitro groups is 1. The first kappa shape index (κ1) is 17.9. The van der Waals surface area contributed by atoms with Crippen LogP contribution in [0.4, 0.5) is 17.3 Å². The number of rotatable bonds is 7. The van der Waals surface area contributed by atoms with E-state index in [2.05, 4.69) is 20.8 Å². The van der Waals surface area contributed by atoms with Gasteiger partial charge < -0.3 is 9.32 Å². The van der Waals surface area contributed by atoms with Crippen LogP contribution in [0.25, 0.3) is 0 Å². The quantitative estimate of drug-likeness (QED) is 0.481. The molecule has 10 heteroatoms. The molecule has 2 N–H and O–H groups in total. The normalized spacial score (nSPS) is 10.3. The van der Waals surface area contributed by atoms with E-state index in [0.29, 0.717) is 6.54 Å². The van der Waals surface area contributed by atoms with Gasteiger partial charge in [-0.3, -0.25) is 25.8 Å². The van der Waals surface area contributed by atoms with Crippen molar-refractivity contribution in [3.63, 3.8) is 0 Å². The first-order valence-electron chi connectivity index (χ1n) is 7.90. The zero-order valence-electron chi connectivity index (χ0n) is 14.3. The molecule has 0 fully saturated rings. The number of nitrogens with one attached hydrogen (secondary N) is 2. The first-order valence-corrected chi connectivity index (χ1v) is 7.90. The Bertz CT molecular complexity index is 930. The summed E-state index contributed by atoms with van der Waals surface area (Å²) in [5, 5.41) is 11.6. The molecule has 1 amide bonds. The van der Waals surface area contributed by atoms with Crippen molar-refractivity contribution in [3.8, 4) is 0 Å². The topological polar surface area (TPSA) is 126 Å². The van der Waals surface area contributed by atoms with E-state index < -0.39 is 10.8 Å². The molecule has 10 nitrogen and oxygen atoms in total. The minimum atomic E-state index is -0.599. The number of benzene rings is 1. The molecule has 2 aromatic heterocycles. The molecular weight excluding hydrogens is 352 g/mol. The lowest BCUT2D eigenvalue weighted by Crippen LogP contribution is -2.30. The second kappa shape index (κ2) is 7.95. The summed E-state index contributed by atoms with van der Waals surface area (Å²) in [5.74, 6) is -0.550. The number of hydrogen-bond acceptors (Lipinski definition) is 8. The van der Waals surface area contributed by atoms with E-state index >= 15 is 0 Å². The molecule has 0 saturated heterocycles. The Balaban J connectivity index is 1.81. The minimum Gasteiger partial charge on any atom is -0.459 e. The summed E-state index contributed by atoms with van der Waals surface area (Å²) in [6.45, 7) is 0.414. The number of nitrogens with zero attached hydrogens (tertiary/aromatic N) is 4. The van der Waals surface area contributed by atoms with Crippen molar-refractivity contribution in [1.82, 2.24) is 15.4 Å².